The number of para-hydroxylation sites is 1. The van der Waals surface area contributed by atoms with E-state index >= 15 is 0 Å². The van der Waals surface area contributed by atoms with E-state index in [1.165, 1.54) is 12.5 Å². The molecule has 0 aromatic heterocycles. The van der Waals surface area contributed by atoms with E-state index in [1.54, 1.807) is 18.2 Å². The van der Waals surface area contributed by atoms with Crippen molar-refractivity contribution < 1.29 is 14.6 Å². The normalized spacial score (nSPS) is 25.8. The Kier molecular flexibility index (Phi) is 3.57. The summed E-state index contributed by atoms with van der Waals surface area (Å²) < 4.78 is 6.13. The summed E-state index contributed by atoms with van der Waals surface area (Å²) in [6.45, 7) is 6.46. The van der Waals surface area contributed by atoms with Crippen LogP contribution in [0, 0.1) is 5.41 Å². The molecule has 3 heteroatoms. The first kappa shape index (κ1) is 13.9. The zero-order valence-electron chi connectivity index (χ0n) is 11.9. The molecule has 1 fully saturated rings. The Morgan fingerprint density at radius 1 is 1.16 bits per heavy atom. The van der Waals surface area contributed by atoms with Gasteiger partial charge in [0.2, 0.25) is 0 Å². The van der Waals surface area contributed by atoms with E-state index in [1.807, 2.05) is 0 Å². The minimum atomic E-state index is -1.19. The van der Waals surface area contributed by atoms with Gasteiger partial charge in [-0.3, -0.25) is 0 Å². The molecule has 0 aliphatic heterocycles. The average Bonchev–Trinajstić information content (AvgIpc) is 2.33. The van der Waals surface area contributed by atoms with Gasteiger partial charge >= 0.3 is 0 Å². The van der Waals surface area contributed by atoms with Gasteiger partial charge in [0.25, 0.3) is 0 Å². The third-order valence-electron chi connectivity index (χ3n) is 4.58. The van der Waals surface area contributed by atoms with Gasteiger partial charge in [0.05, 0.1) is 5.97 Å². The van der Waals surface area contributed by atoms with Crippen LogP contribution < -0.4 is 9.84 Å². The minimum absolute atomic E-state index is 0.0320. The van der Waals surface area contributed by atoms with Crippen molar-refractivity contribution in [3.63, 3.8) is 0 Å². The highest BCUT2D eigenvalue weighted by Crippen LogP contribution is 2.46. The zero-order chi connectivity index (χ0) is 14.1. The molecule has 1 saturated carbocycles. The van der Waals surface area contributed by atoms with Gasteiger partial charge in [-0.05, 0) is 38.3 Å². The summed E-state index contributed by atoms with van der Waals surface area (Å²) in [4.78, 5) is 11.1. The van der Waals surface area contributed by atoms with Crippen molar-refractivity contribution in [1.82, 2.24) is 0 Å². The highest BCUT2D eigenvalue weighted by Gasteiger charge is 2.45. The first-order valence-corrected chi connectivity index (χ1v) is 6.85. The maximum absolute atomic E-state index is 11.1. The Bertz CT molecular complexity index is 479. The Hall–Kier alpha value is -1.51. The smallest absolute Gasteiger partial charge is 0.129 e. The molecule has 1 aromatic carbocycles. The molecule has 3 nitrogen and oxygen atoms in total. The Morgan fingerprint density at radius 3 is 2.42 bits per heavy atom. The van der Waals surface area contributed by atoms with Crippen LogP contribution in [0.2, 0.25) is 0 Å². The van der Waals surface area contributed by atoms with Crippen molar-refractivity contribution in [1.29, 1.82) is 0 Å². The summed E-state index contributed by atoms with van der Waals surface area (Å²) in [5.74, 6) is -0.771. The molecule has 1 aromatic rings. The molecule has 0 amide bonds. The topological polar surface area (TPSA) is 49.4 Å². The van der Waals surface area contributed by atoms with Crippen LogP contribution in [0.4, 0.5) is 0 Å². The predicted molar refractivity (Wildman–Crippen MR) is 72.1 cm³/mol. The van der Waals surface area contributed by atoms with Crippen molar-refractivity contribution >= 4 is 5.97 Å². The van der Waals surface area contributed by atoms with Crippen molar-refractivity contribution in [3.8, 4) is 5.75 Å². The summed E-state index contributed by atoms with van der Waals surface area (Å²) in [5.41, 5.74) is -0.175. The van der Waals surface area contributed by atoms with Crippen LogP contribution in [0.3, 0.4) is 0 Å². The number of carboxylic acid groups (broad SMARTS) is 1. The number of aromatic carboxylic acids is 1. The van der Waals surface area contributed by atoms with Crippen LogP contribution in [0.15, 0.2) is 24.3 Å². The molecule has 0 heterocycles. The molecule has 1 atom stereocenters. The summed E-state index contributed by atoms with van der Waals surface area (Å²) in [6, 6.07) is 6.72. The molecule has 1 aliphatic rings. The second kappa shape index (κ2) is 4.87. The van der Waals surface area contributed by atoms with E-state index in [0.717, 1.165) is 19.3 Å². The maximum atomic E-state index is 11.1. The number of benzene rings is 1. The molecule has 1 unspecified atom stereocenters. The number of carbonyl (C=O) groups excluding carboxylic acids is 1. The fourth-order valence-electron chi connectivity index (χ4n) is 2.79. The van der Waals surface area contributed by atoms with Crippen LogP contribution in [-0.2, 0) is 0 Å². The molecular weight excluding hydrogens is 240 g/mol. The number of carboxylic acids is 1. The van der Waals surface area contributed by atoms with Gasteiger partial charge in [-0.1, -0.05) is 32.4 Å². The van der Waals surface area contributed by atoms with Crippen molar-refractivity contribution in [2.45, 2.75) is 52.1 Å². The summed E-state index contributed by atoms with van der Waals surface area (Å²) in [6.07, 6.45) is 4.36. The predicted octanol–water partition coefficient (Wildman–Crippen LogP) is 2.79. The first-order valence-electron chi connectivity index (χ1n) is 6.85. The fraction of sp³-hybridized carbons (Fsp3) is 0.562. The van der Waals surface area contributed by atoms with E-state index < -0.39 is 5.97 Å². The minimum Gasteiger partial charge on any atom is -0.545 e. The van der Waals surface area contributed by atoms with Crippen LogP contribution >= 0.6 is 0 Å². The molecule has 104 valence electrons. The molecule has 0 spiro atoms. The first-order chi connectivity index (χ1) is 8.86. The van der Waals surface area contributed by atoms with E-state index in [0.29, 0.717) is 5.75 Å². The standard InChI is InChI=1S/C16H22O3/c1-15(2)10-6-7-11-16(15,3)19-13-9-5-4-8-12(13)14(17)18/h4-5,8-9H,6-7,10-11H2,1-3H3,(H,17,18)/p-1. The lowest BCUT2D eigenvalue weighted by Crippen LogP contribution is -2.49. The van der Waals surface area contributed by atoms with Gasteiger partial charge in [0.15, 0.2) is 0 Å². The van der Waals surface area contributed by atoms with E-state index in [-0.39, 0.29) is 16.6 Å². The molecule has 19 heavy (non-hydrogen) atoms. The van der Waals surface area contributed by atoms with Crippen LogP contribution in [0.1, 0.15) is 56.8 Å². The molecule has 2 rings (SSSR count). The number of rotatable bonds is 3. The van der Waals surface area contributed by atoms with Gasteiger partial charge in [-0.2, -0.15) is 0 Å². The van der Waals surface area contributed by atoms with Gasteiger partial charge in [-0.15, -0.1) is 0 Å². The zero-order valence-corrected chi connectivity index (χ0v) is 11.9. The molecule has 1 aliphatic carbocycles. The van der Waals surface area contributed by atoms with Crippen molar-refractivity contribution in [3.05, 3.63) is 29.8 Å². The lowest BCUT2D eigenvalue weighted by molar-refractivity contribution is -0.255. The number of hydrogen-bond donors (Lipinski definition) is 0. The van der Waals surface area contributed by atoms with E-state index in [9.17, 15) is 9.90 Å². The summed E-state index contributed by atoms with van der Waals surface area (Å²) in [5, 5.41) is 11.1. The Balaban J connectivity index is 2.32. The third-order valence-corrected chi connectivity index (χ3v) is 4.58. The molecule has 0 N–H and O–H groups in total. The lowest BCUT2D eigenvalue weighted by Gasteiger charge is -2.48. The highest BCUT2D eigenvalue weighted by molar-refractivity contribution is 5.89. The van der Waals surface area contributed by atoms with Crippen molar-refractivity contribution in [2.75, 3.05) is 0 Å². The number of ether oxygens (including phenoxy) is 1. The fourth-order valence-corrected chi connectivity index (χ4v) is 2.79. The van der Waals surface area contributed by atoms with E-state index in [2.05, 4.69) is 20.8 Å². The van der Waals surface area contributed by atoms with Gasteiger partial charge in [0.1, 0.15) is 11.4 Å². The summed E-state index contributed by atoms with van der Waals surface area (Å²) >= 11 is 0. The van der Waals surface area contributed by atoms with Crippen molar-refractivity contribution in [2.24, 2.45) is 5.41 Å². The quantitative estimate of drug-likeness (QED) is 0.840. The van der Waals surface area contributed by atoms with Crippen LogP contribution in [0.25, 0.3) is 0 Å². The summed E-state index contributed by atoms with van der Waals surface area (Å²) in [7, 11) is 0. The molecular formula is C16H21O3-. The Morgan fingerprint density at radius 2 is 1.79 bits per heavy atom. The van der Waals surface area contributed by atoms with Gasteiger partial charge in [-0.25, -0.2) is 0 Å². The van der Waals surface area contributed by atoms with Crippen LogP contribution in [-0.4, -0.2) is 11.6 Å². The number of carbonyl (C=O) groups is 1. The maximum Gasteiger partial charge on any atom is 0.129 e. The second-order valence-corrected chi connectivity index (χ2v) is 6.21. The second-order valence-electron chi connectivity index (χ2n) is 6.21. The molecule has 0 bridgehead atoms. The highest BCUT2D eigenvalue weighted by atomic mass is 16.5. The largest absolute Gasteiger partial charge is 0.545 e. The molecule has 0 radical (unpaired) electrons. The third kappa shape index (κ3) is 2.60. The molecule has 0 saturated heterocycles. The average molecular weight is 261 g/mol. The lowest BCUT2D eigenvalue weighted by atomic mass is 9.66. The monoisotopic (exact) mass is 261 g/mol. The SMILES string of the molecule is CC1(C)CCCCC1(C)Oc1ccccc1C(=O)[O-]. The van der Waals surface area contributed by atoms with Gasteiger partial charge < -0.3 is 14.6 Å². The number of hydrogen-bond acceptors (Lipinski definition) is 3. The Labute approximate surface area is 114 Å². The van der Waals surface area contributed by atoms with Gasteiger partial charge in [0, 0.05) is 11.0 Å². The van der Waals surface area contributed by atoms with Crippen LogP contribution in [0.5, 0.6) is 5.75 Å². The van der Waals surface area contributed by atoms with E-state index in [4.69, 9.17) is 4.74 Å².